The third-order valence-electron chi connectivity index (χ3n) is 11.5. The summed E-state index contributed by atoms with van der Waals surface area (Å²) >= 11 is 0. The Bertz CT molecular complexity index is 2910. The second kappa shape index (κ2) is 14.3. The molecule has 1 aromatic heterocycles. The second-order valence-corrected chi connectivity index (χ2v) is 19.7. The topological polar surface area (TPSA) is 25.8 Å². The zero-order chi connectivity index (χ0) is 38.3. The first-order valence-corrected chi connectivity index (χ1v) is 22.6. The minimum Gasteiger partial charge on any atom is -0.237 e. The summed E-state index contributed by atoms with van der Waals surface area (Å²) in [6.45, 7) is 4.85. The van der Waals surface area contributed by atoms with Crippen molar-refractivity contribution in [3.63, 3.8) is 0 Å². The summed E-state index contributed by atoms with van der Waals surface area (Å²) in [6.07, 6.45) is 0. The van der Waals surface area contributed by atoms with Gasteiger partial charge < -0.3 is 0 Å². The highest BCUT2D eigenvalue weighted by molar-refractivity contribution is 7.03. The van der Waals surface area contributed by atoms with Gasteiger partial charge in [0, 0.05) is 22.0 Å². The zero-order valence-electron chi connectivity index (χ0n) is 32.0. The first kappa shape index (κ1) is 34.5. The Morgan fingerprint density at radius 1 is 0.316 bits per heavy atom. The number of rotatable bonds is 7. The van der Waals surface area contributed by atoms with Crippen molar-refractivity contribution >= 4 is 18.6 Å². The minimum atomic E-state index is -2.12. The Balaban J connectivity index is 1.04. The van der Waals surface area contributed by atoms with E-state index in [0.29, 0.717) is 0 Å². The van der Waals surface area contributed by atoms with Crippen LogP contribution in [0.1, 0.15) is 0 Å². The fraction of sp³-hybridized carbons (Fsp3) is 0.0370. The molecule has 0 saturated heterocycles. The van der Waals surface area contributed by atoms with Gasteiger partial charge in [-0.1, -0.05) is 195 Å². The van der Waals surface area contributed by atoms with Gasteiger partial charge in [-0.15, -0.1) is 0 Å². The molecule has 10 rings (SSSR count). The molecule has 2 nitrogen and oxygen atoms in total. The molecule has 0 N–H and O–H groups in total. The average Bonchev–Trinajstić information content (AvgIpc) is 3.52. The SMILES string of the molecule is C[Si]1(C)c2ccccc2-c2c(-c3ccc(-c4cccc(-c5ccccc5)c4)cc3)nc(-c3cccc(-c4cccc(-c5cccc(-c6ccccc6)c5)c4)c3)nc21. The predicted molar refractivity (Wildman–Crippen MR) is 242 cm³/mol. The van der Waals surface area contributed by atoms with Crippen LogP contribution in [0.25, 0.3) is 89.4 Å². The number of benzene rings is 8. The lowest BCUT2D eigenvalue weighted by molar-refractivity contribution is 1.21. The maximum Gasteiger partial charge on any atom is 0.159 e. The van der Waals surface area contributed by atoms with Crippen molar-refractivity contribution in [2.45, 2.75) is 13.1 Å². The fourth-order valence-corrected chi connectivity index (χ4v) is 11.3. The van der Waals surface area contributed by atoms with Gasteiger partial charge >= 0.3 is 0 Å². The summed E-state index contributed by atoms with van der Waals surface area (Å²) in [5.74, 6) is 0.769. The molecule has 57 heavy (non-hydrogen) atoms. The molecule has 0 bridgehead atoms. The van der Waals surface area contributed by atoms with Gasteiger partial charge in [-0.25, -0.2) is 9.97 Å². The fourth-order valence-electron chi connectivity index (χ4n) is 8.43. The summed E-state index contributed by atoms with van der Waals surface area (Å²) in [5, 5.41) is 2.62. The van der Waals surface area contributed by atoms with Crippen molar-refractivity contribution in [3.05, 3.63) is 206 Å². The Kier molecular flexibility index (Phi) is 8.66. The van der Waals surface area contributed by atoms with Gasteiger partial charge in [-0.2, -0.15) is 0 Å². The second-order valence-electron chi connectivity index (χ2n) is 15.4. The third kappa shape index (κ3) is 6.42. The van der Waals surface area contributed by atoms with E-state index in [1.165, 1.54) is 66.1 Å². The van der Waals surface area contributed by atoms with E-state index >= 15 is 0 Å². The Morgan fingerprint density at radius 2 is 0.684 bits per heavy atom. The molecule has 0 spiro atoms. The van der Waals surface area contributed by atoms with Crippen molar-refractivity contribution in [1.82, 2.24) is 9.97 Å². The Labute approximate surface area is 335 Å². The number of hydrogen-bond donors (Lipinski definition) is 0. The van der Waals surface area contributed by atoms with Crippen LogP contribution >= 0.6 is 0 Å². The maximum absolute atomic E-state index is 5.47. The highest BCUT2D eigenvalue weighted by atomic mass is 28.3. The van der Waals surface area contributed by atoms with E-state index in [1.54, 1.807) is 0 Å². The molecule has 270 valence electrons. The van der Waals surface area contributed by atoms with Crippen LogP contribution in [0.3, 0.4) is 0 Å². The van der Waals surface area contributed by atoms with Crippen LogP contribution in [0.5, 0.6) is 0 Å². The van der Waals surface area contributed by atoms with Crippen molar-refractivity contribution in [2.24, 2.45) is 0 Å². The molecule has 2 heterocycles. The molecule has 0 aliphatic carbocycles. The summed E-state index contributed by atoms with van der Waals surface area (Å²) in [7, 11) is -2.12. The van der Waals surface area contributed by atoms with E-state index in [-0.39, 0.29) is 0 Å². The van der Waals surface area contributed by atoms with Crippen molar-refractivity contribution in [1.29, 1.82) is 0 Å². The molecule has 3 heteroatoms. The van der Waals surface area contributed by atoms with E-state index < -0.39 is 8.07 Å². The van der Waals surface area contributed by atoms with Crippen LogP contribution < -0.4 is 10.5 Å². The van der Waals surface area contributed by atoms with Gasteiger partial charge in [-0.05, 0) is 90.7 Å². The highest BCUT2D eigenvalue weighted by Gasteiger charge is 2.41. The molecule has 8 aromatic carbocycles. The molecule has 0 saturated carbocycles. The lowest BCUT2D eigenvalue weighted by atomic mass is 9.95. The summed E-state index contributed by atoms with van der Waals surface area (Å²) in [4.78, 5) is 10.9. The van der Waals surface area contributed by atoms with Crippen molar-refractivity contribution < 1.29 is 0 Å². The maximum atomic E-state index is 5.47. The van der Waals surface area contributed by atoms with Crippen LogP contribution in [-0.4, -0.2) is 18.0 Å². The molecule has 0 atom stereocenters. The first-order valence-electron chi connectivity index (χ1n) is 19.6. The molecule has 1 aliphatic heterocycles. The predicted octanol–water partition coefficient (Wildman–Crippen LogP) is 12.9. The van der Waals surface area contributed by atoms with E-state index in [9.17, 15) is 0 Å². The smallest absolute Gasteiger partial charge is 0.159 e. The highest BCUT2D eigenvalue weighted by Crippen LogP contribution is 2.38. The molecule has 0 fully saturated rings. The van der Waals surface area contributed by atoms with Gasteiger partial charge in [0.1, 0.15) is 8.07 Å². The van der Waals surface area contributed by atoms with Gasteiger partial charge in [0.05, 0.1) is 5.69 Å². The number of aromatic nitrogens is 2. The van der Waals surface area contributed by atoms with Gasteiger partial charge in [-0.3, -0.25) is 0 Å². The molecule has 0 unspecified atom stereocenters. The molecule has 0 radical (unpaired) electrons. The van der Waals surface area contributed by atoms with Crippen molar-refractivity contribution in [3.8, 4) is 89.4 Å². The van der Waals surface area contributed by atoms with Crippen LogP contribution in [-0.2, 0) is 0 Å². The minimum absolute atomic E-state index is 0.769. The van der Waals surface area contributed by atoms with Crippen molar-refractivity contribution in [2.75, 3.05) is 0 Å². The summed E-state index contributed by atoms with van der Waals surface area (Å²) in [5.41, 5.74) is 17.5. The summed E-state index contributed by atoms with van der Waals surface area (Å²) in [6, 6.07) is 74.1. The normalized spacial score (nSPS) is 12.5. The lowest BCUT2D eigenvalue weighted by Gasteiger charge is -2.19. The van der Waals surface area contributed by atoms with Crippen LogP contribution in [0.4, 0.5) is 0 Å². The monoisotopic (exact) mass is 744 g/mol. The number of nitrogens with zero attached hydrogens (tertiary/aromatic N) is 2. The average molecular weight is 745 g/mol. The van der Waals surface area contributed by atoms with Gasteiger partial charge in [0.25, 0.3) is 0 Å². The Hall–Kier alpha value is -6.94. The van der Waals surface area contributed by atoms with E-state index in [2.05, 4.69) is 219 Å². The molecule has 0 amide bonds. The van der Waals surface area contributed by atoms with E-state index in [1.807, 2.05) is 0 Å². The first-order chi connectivity index (χ1) is 28.0. The van der Waals surface area contributed by atoms with Gasteiger partial charge in [0.2, 0.25) is 0 Å². The molecular weight excluding hydrogens is 705 g/mol. The van der Waals surface area contributed by atoms with Gasteiger partial charge in [0.15, 0.2) is 5.82 Å². The standard InChI is InChI=1S/C54H40N2Si/c1-57(2)50-28-10-9-27-49(50)51-52(40-31-29-39(30-32-40)43-21-11-19-41(33-43)37-15-5-3-6-16-37)55-53(56-54(51)57)48-26-14-25-47(36-48)46-24-13-23-45(35-46)44-22-12-20-42(34-44)38-17-7-4-8-18-38/h3-36H,1-2H3. The van der Waals surface area contributed by atoms with Crippen LogP contribution in [0, 0.1) is 0 Å². The molecular formula is C54H40N2Si. The number of hydrogen-bond acceptors (Lipinski definition) is 2. The van der Waals surface area contributed by atoms with E-state index in [4.69, 9.17) is 9.97 Å². The zero-order valence-corrected chi connectivity index (χ0v) is 33.0. The van der Waals surface area contributed by atoms with Crippen LogP contribution in [0.2, 0.25) is 13.1 Å². The largest absolute Gasteiger partial charge is 0.237 e. The molecule has 1 aliphatic rings. The number of fused-ring (bicyclic) bond motifs is 3. The summed E-state index contributed by atoms with van der Waals surface area (Å²) < 4.78 is 0. The molecule has 9 aromatic rings. The Morgan fingerprint density at radius 3 is 1.19 bits per heavy atom. The third-order valence-corrected chi connectivity index (χ3v) is 14.8. The van der Waals surface area contributed by atoms with E-state index in [0.717, 1.165) is 33.8 Å². The lowest BCUT2D eigenvalue weighted by Crippen LogP contribution is -2.50. The quantitative estimate of drug-likeness (QED) is 0.152. The van der Waals surface area contributed by atoms with Crippen LogP contribution in [0.15, 0.2) is 206 Å².